The van der Waals surface area contributed by atoms with Gasteiger partial charge in [-0.05, 0) is 42.7 Å². The molecule has 1 amide bonds. The van der Waals surface area contributed by atoms with E-state index in [4.69, 9.17) is 0 Å². The Morgan fingerprint density at radius 3 is 2.77 bits per heavy atom. The van der Waals surface area contributed by atoms with Crippen molar-refractivity contribution in [3.05, 3.63) is 74.8 Å². The van der Waals surface area contributed by atoms with Gasteiger partial charge in [0.1, 0.15) is 0 Å². The summed E-state index contributed by atoms with van der Waals surface area (Å²) in [6.45, 7) is 5.14. The highest BCUT2D eigenvalue weighted by molar-refractivity contribution is 8.13. The predicted octanol–water partition coefficient (Wildman–Crippen LogP) is 3.96. The number of carbonyl (C=O) groups is 1. The molecule has 0 unspecified atom stereocenters. The van der Waals surface area contributed by atoms with E-state index >= 15 is 0 Å². The van der Waals surface area contributed by atoms with Crippen LogP contribution in [0.2, 0.25) is 0 Å². The van der Waals surface area contributed by atoms with Crippen LogP contribution in [0.15, 0.2) is 47.5 Å². The molecule has 2 aromatic carbocycles. The second-order valence-electron chi connectivity index (χ2n) is 6.14. The van der Waals surface area contributed by atoms with Crippen molar-refractivity contribution in [3.63, 3.8) is 0 Å². The molecule has 26 heavy (non-hydrogen) atoms. The second-order valence-corrected chi connectivity index (χ2v) is 7.08. The zero-order valence-electron chi connectivity index (χ0n) is 14.6. The summed E-state index contributed by atoms with van der Waals surface area (Å²) in [5.74, 6) is 0.466. The number of nitro groups is 1. The van der Waals surface area contributed by atoms with E-state index < -0.39 is 4.92 Å². The molecule has 0 N–H and O–H groups in total. The average molecular weight is 369 g/mol. The molecule has 0 saturated heterocycles. The lowest BCUT2D eigenvalue weighted by atomic mass is 10.1. The Balaban J connectivity index is 1.70. The van der Waals surface area contributed by atoms with Gasteiger partial charge < -0.3 is 0 Å². The van der Waals surface area contributed by atoms with Crippen LogP contribution in [0, 0.1) is 24.0 Å². The van der Waals surface area contributed by atoms with Crippen LogP contribution in [0.1, 0.15) is 27.0 Å². The third kappa shape index (κ3) is 3.94. The van der Waals surface area contributed by atoms with E-state index in [9.17, 15) is 14.9 Å². The fourth-order valence-corrected chi connectivity index (χ4v) is 3.66. The maximum atomic E-state index is 12.8. The Morgan fingerprint density at radius 2 is 2.04 bits per heavy atom. The number of aryl methyl sites for hydroxylation is 2. The molecule has 0 saturated carbocycles. The lowest BCUT2D eigenvalue weighted by Gasteiger charge is -2.18. The molecule has 0 fully saturated rings. The summed E-state index contributed by atoms with van der Waals surface area (Å²) in [6.07, 6.45) is 0. The van der Waals surface area contributed by atoms with E-state index in [2.05, 4.69) is 4.99 Å². The van der Waals surface area contributed by atoms with Crippen LogP contribution in [0.4, 0.5) is 5.69 Å². The van der Waals surface area contributed by atoms with Crippen LogP contribution in [0.25, 0.3) is 0 Å². The molecule has 0 aromatic heterocycles. The van der Waals surface area contributed by atoms with Gasteiger partial charge in [-0.2, -0.15) is 0 Å². The minimum Gasteiger partial charge on any atom is -0.286 e. The average Bonchev–Trinajstić information content (AvgIpc) is 3.10. The van der Waals surface area contributed by atoms with Gasteiger partial charge in [-0.3, -0.25) is 24.8 Å². The van der Waals surface area contributed by atoms with Crippen LogP contribution < -0.4 is 0 Å². The topological polar surface area (TPSA) is 75.8 Å². The normalized spacial score (nSPS) is 13.6. The molecule has 0 bridgehead atoms. The minimum absolute atomic E-state index is 0.0594. The molecule has 1 aliphatic heterocycles. The van der Waals surface area contributed by atoms with E-state index in [1.807, 2.05) is 38.1 Å². The van der Waals surface area contributed by atoms with Crippen molar-refractivity contribution in [2.24, 2.45) is 4.99 Å². The van der Waals surface area contributed by atoms with Crippen molar-refractivity contribution in [1.29, 1.82) is 0 Å². The zero-order chi connectivity index (χ0) is 18.7. The number of amidine groups is 1. The molecule has 6 nitrogen and oxygen atoms in total. The number of non-ortho nitro benzene ring substituents is 1. The largest absolute Gasteiger partial charge is 0.286 e. The number of hydrogen-bond acceptors (Lipinski definition) is 5. The van der Waals surface area contributed by atoms with Crippen molar-refractivity contribution in [2.45, 2.75) is 19.6 Å². The third-order valence-electron chi connectivity index (χ3n) is 4.29. The fraction of sp³-hybridized carbons (Fsp3) is 0.263. The maximum absolute atomic E-state index is 12.8. The van der Waals surface area contributed by atoms with Crippen LogP contribution >= 0.6 is 11.8 Å². The predicted molar refractivity (Wildman–Crippen MR) is 104 cm³/mol. The highest BCUT2D eigenvalue weighted by atomic mass is 32.2. The summed E-state index contributed by atoms with van der Waals surface area (Å²) in [7, 11) is 0. The Kier molecular flexibility index (Phi) is 5.37. The van der Waals surface area contributed by atoms with Gasteiger partial charge >= 0.3 is 0 Å². The van der Waals surface area contributed by atoms with Gasteiger partial charge in [-0.15, -0.1) is 0 Å². The van der Waals surface area contributed by atoms with E-state index in [0.29, 0.717) is 29.6 Å². The molecule has 0 radical (unpaired) electrons. The first-order chi connectivity index (χ1) is 12.5. The molecule has 1 heterocycles. The van der Waals surface area contributed by atoms with Gasteiger partial charge in [0, 0.05) is 30.0 Å². The highest BCUT2D eigenvalue weighted by Crippen LogP contribution is 2.24. The molecule has 0 aliphatic carbocycles. The van der Waals surface area contributed by atoms with E-state index in [1.165, 1.54) is 17.8 Å². The molecular formula is C19H19N3O3S. The van der Waals surface area contributed by atoms with Crippen molar-refractivity contribution in [3.8, 4) is 0 Å². The summed E-state index contributed by atoms with van der Waals surface area (Å²) in [6, 6.07) is 12.2. The summed E-state index contributed by atoms with van der Waals surface area (Å²) < 4.78 is 0. The summed E-state index contributed by atoms with van der Waals surface area (Å²) >= 11 is 1.43. The fourth-order valence-electron chi connectivity index (χ4n) is 2.68. The molecule has 0 atom stereocenters. The lowest BCUT2D eigenvalue weighted by Crippen LogP contribution is -2.32. The van der Waals surface area contributed by atoms with Crippen molar-refractivity contribution < 1.29 is 9.72 Å². The minimum atomic E-state index is -0.406. The summed E-state index contributed by atoms with van der Waals surface area (Å²) in [5.41, 5.74) is 3.78. The van der Waals surface area contributed by atoms with E-state index in [1.54, 1.807) is 17.0 Å². The number of rotatable bonds is 4. The standard InChI is InChI=1S/C19H19N3O3S/c1-13-6-7-16(10-14(13)2)18(23)21-9-8-20-19(21)26-12-15-4-3-5-17(11-15)22(24)25/h3-7,10-11H,8-9,12H2,1-2H3. The Morgan fingerprint density at radius 1 is 1.23 bits per heavy atom. The number of nitro benzene ring substituents is 1. The van der Waals surface area contributed by atoms with Gasteiger partial charge in [-0.25, -0.2) is 0 Å². The third-order valence-corrected chi connectivity index (χ3v) is 5.38. The number of amides is 1. The van der Waals surface area contributed by atoms with Gasteiger partial charge in [0.2, 0.25) is 0 Å². The van der Waals surface area contributed by atoms with Gasteiger partial charge in [0.15, 0.2) is 5.17 Å². The maximum Gasteiger partial charge on any atom is 0.269 e. The summed E-state index contributed by atoms with van der Waals surface area (Å²) in [5, 5.41) is 11.6. The quantitative estimate of drug-likeness (QED) is 0.604. The number of aliphatic imine (C=N–C) groups is 1. The lowest BCUT2D eigenvalue weighted by molar-refractivity contribution is -0.384. The second kappa shape index (κ2) is 7.70. The molecule has 3 rings (SSSR count). The molecule has 1 aliphatic rings. The zero-order valence-corrected chi connectivity index (χ0v) is 15.5. The van der Waals surface area contributed by atoms with E-state index in [0.717, 1.165) is 16.7 Å². The van der Waals surface area contributed by atoms with Crippen LogP contribution in [-0.2, 0) is 5.75 Å². The van der Waals surface area contributed by atoms with Crippen LogP contribution in [0.3, 0.4) is 0 Å². The highest BCUT2D eigenvalue weighted by Gasteiger charge is 2.25. The van der Waals surface area contributed by atoms with Crippen molar-refractivity contribution in [1.82, 2.24) is 4.90 Å². The summed E-state index contributed by atoms with van der Waals surface area (Å²) in [4.78, 5) is 29.4. The van der Waals surface area contributed by atoms with Gasteiger partial charge in [0.05, 0.1) is 11.5 Å². The molecule has 2 aromatic rings. The first-order valence-corrected chi connectivity index (χ1v) is 9.24. The molecule has 134 valence electrons. The Hall–Kier alpha value is -2.67. The first kappa shape index (κ1) is 18.1. The first-order valence-electron chi connectivity index (χ1n) is 8.25. The smallest absolute Gasteiger partial charge is 0.269 e. The van der Waals surface area contributed by atoms with Gasteiger partial charge in [-0.1, -0.05) is 30.0 Å². The molecule has 7 heteroatoms. The van der Waals surface area contributed by atoms with Crippen LogP contribution in [0.5, 0.6) is 0 Å². The van der Waals surface area contributed by atoms with Crippen molar-refractivity contribution in [2.75, 3.05) is 13.1 Å². The Bertz CT molecular complexity index is 895. The number of benzene rings is 2. The van der Waals surface area contributed by atoms with Crippen molar-refractivity contribution >= 4 is 28.5 Å². The molecular weight excluding hydrogens is 350 g/mol. The number of carbonyl (C=O) groups excluding carboxylic acids is 1. The van der Waals surface area contributed by atoms with Crippen LogP contribution in [-0.4, -0.2) is 34.0 Å². The van der Waals surface area contributed by atoms with E-state index in [-0.39, 0.29) is 11.6 Å². The Labute approximate surface area is 156 Å². The molecule has 0 spiro atoms. The SMILES string of the molecule is Cc1ccc(C(=O)N2CCN=C2SCc2cccc([N+](=O)[O-])c2)cc1C. The number of nitrogens with zero attached hydrogens (tertiary/aromatic N) is 3. The monoisotopic (exact) mass is 369 g/mol. The number of thioether (sulfide) groups is 1. The number of hydrogen-bond donors (Lipinski definition) is 0. The van der Waals surface area contributed by atoms with Gasteiger partial charge in [0.25, 0.3) is 11.6 Å².